The Morgan fingerprint density at radius 2 is 1.62 bits per heavy atom. The van der Waals surface area contributed by atoms with E-state index in [1.807, 2.05) is 13.8 Å². The van der Waals surface area contributed by atoms with Crippen molar-refractivity contribution in [3.05, 3.63) is 29.8 Å². The van der Waals surface area contributed by atoms with Crippen molar-refractivity contribution in [2.75, 3.05) is 7.11 Å². The Morgan fingerprint density at radius 3 is 2.00 bits per heavy atom. The highest BCUT2D eigenvalue weighted by molar-refractivity contribution is 5.28. The van der Waals surface area contributed by atoms with E-state index in [0.717, 1.165) is 5.56 Å². The SMILES string of the molecule is CCC(CC)(OC)C(O)Cc1ccc(OC(F)(F)F)cc1. The summed E-state index contributed by atoms with van der Waals surface area (Å²) in [5.41, 5.74) is 0.0848. The third kappa shape index (κ3) is 4.89. The molecule has 1 atom stereocenters. The van der Waals surface area contributed by atoms with Gasteiger partial charge in [0.05, 0.1) is 11.7 Å². The summed E-state index contributed by atoms with van der Waals surface area (Å²) < 4.78 is 45.4. The molecular formula is C15H21F3O3. The van der Waals surface area contributed by atoms with Gasteiger partial charge in [-0.1, -0.05) is 26.0 Å². The minimum Gasteiger partial charge on any atom is -0.406 e. The quantitative estimate of drug-likeness (QED) is 0.835. The number of alkyl halides is 3. The number of ether oxygens (including phenoxy) is 2. The molecule has 6 heteroatoms. The summed E-state index contributed by atoms with van der Waals surface area (Å²) in [6.07, 6.45) is -3.82. The predicted molar refractivity (Wildman–Crippen MR) is 73.2 cm³/mol. The number of hydrogen-bond acceptors (Lipinski definition) is 3. The number of aliphatic hydroxyl groups is 1. The molecule has 0 saturated carbocycles. The number of hydrogen-bond donors (Lipinski definition) is 1. The van der Waals surface area contributed by atoms with E-state index in [9.17, 15) is 18.3 Å². The van der Waals surface area contributed by atoms with Crippen LogP contribution in [0, 0.1) is 0 Å². The minimum absolute atomic E-state index is 0.273. The third-order valence-corrected chi connectivity index (χ3v) is 3.80. The molecule has 21 heavy (non-hydrogen) atoms. The summed E-state index contributed by atoms with van der Waals surface area (Å²) >= 11 is 0. The lowest BCUT2D eigenvalue weighted by molar-refractivity contribution is -0.274. The molecule has 1 unspecified atom stereocenters. The number of aliphatic hydroxyl groups excluding tert-OH is 1. The second-order valence-corrected chi connectivity index (χ2v) is 4.89. The van der Waals surface area contributed by atoms with E-state index in [1.54, 1.807) is 7.11 Å². The largest absolute Gasteiger partial charge is 0.573 e. The van der Waals surface area contributed by atoms with Gasteiger partial charge >= 0.3 is 6.36 Å². The van der Waals surface area contributed by atoms with E-state index in [-0.39, 0.29) is 5.75 Å². The molecule has 1 rings (SSSR count). The Balaban J connectivity index is 2.75. The van der Waals surface area contributed by atoms with E-state index in [0.29, 0.717) is 19.3 Å². The zero-order chi connectivity index (χ0) is 16.1. The van der Waals surface area contributed by atoms with Crippen LogP contribution in [-0.4, -0.2) is 30.3 Å². The molecule has 0 amide bonds. The molecule has 0 radical (unpaired) electrons. The van der Waals surface area contributed by atoms with Gasteiger partial charge in [0.25, 0.3) is 0 Å². The molecule has 1 N–H and O–H groups in total. The molecule has 0 saturated heterocycles. The first-order valence-electron chi connectivity index (χ1n) is 6.84. The molecule has 1 aromatic rings. The fourth-order valence-electron chi connectivity index (χ4n) is 2.38. The van der Waals surface area contributed by atoms with Gasteiger partial charge in [-0.15, -0.1) is 13.2 Å². The average Bonchev–Trinajstić information content (AvgIpc) is 2.42. The predicted octanol–water partition coefficient (Wildman–Crippen LogP) is 3.69. The Kier molecular flexibility index (Phi) is 6.04. The van der Waals surface area contributed by atoms with Crippen molar-refractivity contribution >= 4 is 0 Å². The fraction of sp³-hybridized carbons (Fsp3) is 0.600. The zero-order valence-electron chi connectivity index (χ0n) is 12.4. The first kappa shape index (κ1) is 17.8. The Bertz CT molecular complexity index is 417. The van der Waals surface area contributed by atoms with Crippen LogP contribution < -0.4 is 4.74 Å². The van der Waals surface area contributed by atoms with Crippen molar-refractivity contribution in [1.29, 1.82) is 0 Å². The summed E-state index contributed by atoms with van der Waals surface area (Å²) in [6, 6.07) is 5.50. The lowest BCUT2D eigenvalue weighted by Gasteiger charge is -2.35. The Hall–Kier alpha value is -1.27. The van der Waals surface area contributed by atoms with Gasteiger partial charge in [-0.25, -0.2) is 0 Å². The summed E-state index contributed by atoms with van der Waals surface area (Å²) in [5.74, 6) is -0.273. The number of rotatable bonds is 7. The maximum atomic E-state index is 12.1. The average molecular weight is 306 g/mol. The first-order chi connectivity index (χ1) is 9.76. The summed E-state index contributed by atoms with van der Waals surface area (Å²) in [7, 11) is 1.55. The van der Waals surface area contributed by atoms with Crippen LogP contribution in [0.1, 0.15) is 32.3 Å². The van der Waals surface area contributed by atoms with Gasteiger partial charge in [0.1, 0.15) is 5.75 Å². The van der Waals surface area contributed by atoms with Crippen LogP contribution in [0.15, 0.2) is 24.3 Å². The number of methoxy groups -OCH3 is 1. The van der Waals surface area contributed by atoms with E-state index >= 15 is 0 Å². The molecular weight excluding hydrogens is 285 g/mol. The van der Waals surface area contributed by atoms with Crippen molar-refractivity contribution in [2.24, 2.45) is 0 Å². The molecule has 0 spiro atoms. The van der Waals surface area contributed by atoms with E-state index in [2.05, 4.69) is 4.74 Å². The number of benzene rings is 1. The lowest BCUT2D eigenvalue weighted by Crippen LogP contribution is -2.44. The van der Waals surface area contributed by atoms with Crippen molar-refractivity contribution in [2.45, 2.75) is 51.2 Å². The van der Waals surface area contributed by atoms with Crippen molar-refractivity contribution in [3.63, 3.8) is 0 Å². The standard InChI is InChI=1S/C15H21F3O3/c1-4-14(5-2,20-3)13(19)10-11-6-8-12(9-7-11)21-15(16,17)18/h6-9,13,19H,4-5,10H2,1-3H3. The second kappa shape index (κ2) is 7.13. The molecule has 120 valence electrons. The highest BCUT2D eigenvalue weighted by atomic mass is 19.4. The van der Waals surface area contributed by atoms with Crippen molar-refractivity contribution in [1.82, 2.24) is 0 Å². The maximum Gasteiger partial charge on any atom is 0.573 e. The highest BCUT2D eigenvalue weighted by Gasteiger charge is 2.34. The zero-order valence-corrected chi connectivity index (χ0v) is 12.4. The summed E-state index contributed by atoms with van der Waals surface area (Å²) in [5, 5.41) is 10.3. The van der Waals surface area contributed by atoms with Gasteiger partial charge in [-0.3, -0.25) is 0 Å². The molecule has 0 heterocycles. The van der Waals surface area contributed by atoms with Crippen molar-refractivity contribution < 1.29 is 27.8 Å². The van der Waals surface area contributed by atoms with Crippen LogP contribution in [0.25, 0.3) is 0 Å². The maximum absolute atomic E-state index is 12.1. The third-order valence-electron chi connectivity index (χ3n) is 3.80. The van der Waals surface area contributed by atoms with Gasteiger partial charge in [-0.05, 0) is 30.5 Å². The monoisotopic (exact) mass is 306 g/mol. The van der Waals surface area contributed by atoms with E-state index in [4.69, 9.17) is 4.74 Å². The summed E-state index contributed by atoms with van der Waals surface area (Å²) in [4.78, 5) is 0. The van der Waals surface area contributed by atoms with E-state index in [1.165, 1.54) is 24.3 Å². The molecule has 0 aliphatic carbocycles. The second-order valence-electron chi connectivity index (χ2n) is 4.89. The first-order valence-corrected chi connectivity index (χ1v) is 6.84. The Morgan fingerprint density at radius 1 is 1.10 bits per heavy atom. The minimum atomic E-state index is -4.70. The van der Waals surface area contributed by atoms with Gasteiger partial charge in [0, 0.05) is 13.5 Å². The van der Waals surface area contributed by atoms with Crippen LogP contribution in [0.5, 0.6) is 5.75 Å². The number of halogens is 3. The molecule has 0 aromatic heterocycles. The molecule has 0 fully saturated rings. The van der Waals surface area contributed by atoms with Gasteiger partial charge in [-0.2, -0.15) is 0 Å². The highest BCUT2D eigenvalue weighted by Crippen LogP contribution is 2.28. The molecule has 3 nitrogen and oxygen atoms in total. The van der Waals surface area contributed by atoms with Crippen molar-refractivity contribution in [3.8, 4) is 5.75 Å². The smallest absolute Gasteiger partial charge is 0.406 e. The normalized spacial score (nSPS) is 14.0. The molecule has 0 aliphatic rings. The van der Waals surface area contributed by atoms with Crippen LogP contribution in [0.2, 0.25) is 0 Å². The van der Waals surface area contributed by atoms with Crippen LogP contribution in [0.4, 0.5) is 13.2 Å². The van der Waals surface area contributed by atoms with Gasteiger partial charge in [0.15, 0.2) is 0 Å². The van der Waals surface area contributed by atoms with Crippen LogP contribution in [-0.2, 0) is 11.2 Å². The molecule has 0 bridgehead atoms. The van der Waals surface area contributed by atoms with Crippen LogP contribution >= 0.6 is 0 Å². The molecule has 0 aliphatic heterocycles. The Labute approximate surface area is 122 Å². The van der Waals surface area contributed by atoms with Gasteiger partial charge < -0.3 is 14.6 Å². The van der Waals surface area contributed by atoms with Crippen LogP contribution in [0.3, 0.4) is 0 Å². The fourth-order valence-corrected chi connectivity index (χ4v) is 2.38. The lowest BCUT2D eigenvalue weighted by atomic mass is 9.86. The van der Waals surface area contributed by atoms with E-state index < -0.39 is 18.1 Å². The topological polar surface area (TPSA) is 38.7 Å². The summed E-state index contributed by atoms with van der Waals surface area (Å²) in [6.45, 7) is 3.85. The molecule has 1 aromatic carbocycles. The van der Waals surface area contributed by atoms with Gasteiger partial charge in [0.2, 0.25) is 0 Å².